The molecule has 0 aromatic heterocycles. The molecule has 0 atom stereocenters. The van der Waals surface area contributed by atoms with Crippen LogP contribution in [0.3, 0.4) is 0 Å². The minimum Gasteiger partial charge on any atom is -0.457 e. The Balaban J connectivity index is 0.000000211. The van der Waals surface area contributed by atoms with Crippen molar-refractivity contribution in [2.45, 2.75) is 12.7 Å². The zero-order chi connectivity index (χ0) is 27.8. The quantitative estimate of drug-likeness (QED) is 0.128. The maximum absolute atomic E-state index is 12.0. The van der Waals surface area contributed by atoms with Crippen LogP contribution in [0.2, 0.25) is 0 Å². The van der Waals surface area contributed by atoms with Gasteiger partial charge in [-0.15, -0.1) is 26.3 Å². The zero-order valence-electron chi connectivity index (χ0n) is 19.1. The van der Waals surface area contributed by atoms with Gasteiger partial charge < -0.3 is 24.7 Å². The number of rotatable bonds is 6. The van der Waals surface area contributed by atoms with Crippen LogP contribution in [0.25, 0.3) is 0 Å². The van der Waals surface area contributed by atoms with Crippen molar-refractivity contribution in [1.29, 1.82) is 0 Å². The SMILES string of the molecule is FC(F)(F)Oc1ccc(Oc2ccc(I)cc2)cc1.Nc1ccc(Oc2ccc(OC(F)(F)F)cc2)cc1. The highest BCUT2D eigenvalue weighted by atomic mass is 127. The van der Waals surface area contributed by atoms with E-state index in [1.165, 1.54) is 48.5 Å². The largest absolute Gasteiger partial charge is 0.573 e. The molecule has 200 valence electrons. The van der Waals surface area contributed by atoms with Crippen LogP contribution in [0.1, 0.15) is 0 Å². The third-order valence-corrected chi connectivity index (χ3v) is 5.00. The predicted molar refractivity (Wildman–Crippen MR) is 136 cm³/mol. The van der Waals surface area contributed by atoms with Gasteiger partial charge in [0.25, 0.3) is 0 Å². The van der Waals surface area contributed by atoms with Gasteiger partial charge in [0.15, 0.2) is 0 Å². The number of ether oxygens (including phenoxy) is 4. The summed E-state index contributed by atoms with van der Waals surface area (Å²) in [5.41, 5.74) is 6.12. The summed E-state index contributed by atoms with van der Waals surface area (Å²) in [6.45, 7) is 0. The van der Waals surface area contributed by atoms with Crippen molar-refractivity contribution in [3.63, 3.8) is 0 Å². The average Bonchev–Trinajstić information content (AvgIpc) is 2.83. The Labute approximate surface area is 226 Å². The van der Waals surface area contributed by atoms with Crippen LogP contribution in [0, 0.1) is 3.57 Å². The minimum atomic E-state index is -4.70. The molecule has 0 spiro atoms. The molecule has 0 radical (unpaired) electrons. The second-order valence-electron chi connectivity index (χ2n) is 7.27. The van der Waals surface area contributed by atoms with E-state index in [4.69, 9.17) is 15.2 Å². The second kappa shape index (κ2) is 12.6. The lowest BCUT2D eigenvalue weighted by Gasteiger charge is -2.10. The van der Waals surface area contributed by atoms with Crippen molar-refractivity contribution in [3.05, 3.63) is 101 Å². The van der Waals surface area contributed by atoms with Gasteiger partial charge in [-0.1, -0.05) is 0 Å². The molecule has 4 aromatic carbocycles. The molecule has 0 fully saturated rings. The highest BCUT2D eigenvalue weighted by molar-refractivity contribution is 14.1. The number of nitrogens with two attached hydrogens (primary N) is 1. The molecule has 5 nitrogen and oxygen atoms in total. The minimum absolute atomic E-state index is 0.275. The van der Waals surface area contributed by atoms with Crippen molar-refractivity contribution >= 4 is 28.3 Å². The Morgan fingerprint density at radius 3 is 1.03 bits per heavy atom. The van der Waals surface area contributed by atoms with Crippen LogP contribution in [0.5, 0.6) is 34.5 Å². The van der Waals surface area contributed by atoms with Gasteiger partial charge in [-0.25, -0.2) is 0 Å². The summed E-state index contributed by atoms with van der Waals surface area (Å²) < 4.78 is 91.3. The van der Waals surface area contributed by atoms with Gasteiger partial charge in [-0.3, -0.25) is 0 Å². The van der Waals surface area contributed by atoms with Gasteiger partial charge in [0, 0.05) is 9.26 Å². The third kappa shape index (κ3) is 10.7. The molecule has 12 heteroatoms. The normalized spacial score (nSPS) is 11.1. The molecule has 0 saturated heterocycles. The third-order valence-electron chi connectivity index (χ3n) is 4.28. The van der Waals surface area contributed by atoms with E-state index < -0.39 is 12.7 Å². The van der Waals surface area contributed by atoms with Gasteiger partial charge in [0.05, 0.1) is 0 Å². The Morgan fingerprint density at radius 2 is 0.711 bits per heavy atom. The highest BCUT2D eigenvalue weighted by Crippen LogP contribution is 2.29. The summed E-state index contributed by atoms with van der Waals surface area (Å²) in [4.78, 5) is 0. The van der Waals surface area contributed by atoms with Gasteiger partial charge in [0.2, 0.25) is 0 Å². The zero-order valence-corrected chi connectivity index (χ0v) is 21.3. The first kappa shape index (κ1) is 28.8. The Hall–Kier alpha value is -3.81. The van der Waals surface area contributed by atoms with Crippen LogP contribution < -0.4 is 24.7 Å². The summed E-state index contributed by atoms with van der Waals surface area (Å²) in [6.07, 6.45) is -9.38. The molecule has 0 unspecified atom stereocenters. The average molecular weight is 649 g/mol. The fourth-order valence-electron chi connectivity index (χ4n) is 2.73. The van der Waals surface area contributed by atoms with E-state index in [-0.39, 0.29) is 11.5 Å². The van der Waals surface area contributed by atoms with Crippen molar-refractivity contribution in [1.82, 2.24) is 0 Å². The first-order valence-corrected chi connectivity index (χ1v) is 11.6. The number of hydrogen-bond acceptors (Lipinski definition) is 5. The van der Waals surface area contributed by atoms with Crippen LogP contribution in [0.4, 0.5) is 32.0 Å². The predicted octanol–water partition coefficient (Wildman–Crippen LogP) is 8.94. The molecule has 4 rings (SSSR count). The maximum Gasteiger partial charge on any atom is 0.573 e. The van der Waals surface area contributed by atoms with Crippen molar-refractivity contribution < 1.29 is 45.3 Å². The van der Waals surface area contributed by atoms with Gasteiger partial charge >= 0.3 is 12.7 Å². The number of anilines is 1. The fraction of sp³-hybridized carbons (Fsp3) is 0.0769. The Bertz CT molecular complexity index is 1180. The topological polar surface area (TPSA) is 62.9 Å². The molecule has 0 bridgehead atoms. The molecule has 38 heavy (non-hydrogen) atoms. The number of hydrogen-bond donors (Lipinski definition) is 1. The maximum atomic E-state index is 12.0. The van der Waals surface area contributed by atoms with Gasteiger partial charge in [-0.05, 0) is 120 Å². The smallest absolute Gasteiger partial charge is 0.457 e. The van der Waals surface area contributed by atoms with E-state index in [0.29, 0.717) is 28.7 Å². The van der Waals surface area contributed by atoms with Crippen LogP contribution in [-0.2, 0) is 0 Å². The summed E-state index contributed by atoms with van der Waals surface area (Å²) in [5.74, 6) is 1.43. The van der Waals surface area contributed by atoms with E-state index in [2.05, 4.69) is 32.1 Å². The lowest BCUT2D eigenvalue weighted by Crippen LogP contribution is -2.16. The Kier molecular flexibility index (Phi) is 9.55. The monoisotopic (exact) mass is 649 g/mol. The standard InChI is InChI=1S/C13H8F3IO2.C13H10F3NO2/c2*14-13(15,16)19-12-7-5-11(6-8-12)18-10-3-1-9(17)2-4-10/h1-8H;1-8H,17H2. The summed E-state index contributed by atoms with van der Waals surface area (Å²) >= 11 is 2.17. The highest BCUT2D eigenvalue weighted by Gasteiger charge is 2.31. The van der Waals surface area contributed by atoms with E-state index in [0.717, 1.165) is 3.57 Å². The van der Waals surface area contributed by atoms with Gasteiger partial charge in [0.1, 0.15) is 34.5 Å². The first-order chi connectivity index (χ1) is 17.8. The lowest BCUT2D eigenvalue weighted by atomic mass is 10.3. The molecular formula is C26H18F6INO4. The van der Waals surface area contributed by atoms with Crippen molar-refractivity contribution in [3.8, 4) is 34.5 Å². The Morgan fingerprint density at radius 1 is 0.447 bits per heavy atom. The number of alkyl halides is 6. The molecule has 0 heterocycles. The molecule has 0 aliphatic rings. The second-order valence-corrected chi connectivity index (χ2v) is 8.51. The molecule has 0 aliphatic carbocycles. The molecule has 2 N–H and O–H groups in total. The van der Waals surface area contributed by atoms with Crippen molar-refractivity contribution in [2.24, 2.45) is 0 Å². The number of nitrogen functional groups attached to an aromatic ring is 1. The molecule has 0 amide bonds. The van der Waals surface area contributed by atoms with Crippen LogP contribution in [-0.4, -0.2) is 12.7 Å². The van der Waals surface area contributed by atoms with Crippen LogP contribution >= 0.6 is 22.6 Å². The van der Waals surface area contributed by atoms with E-state index in [1.807, 2.05) is 12.1 Å². The number of halogens is 7. The summed E-state index contributed by atoms with van der Waals surface area (Å²) in [7, 11) is 0. The molecular weight excluding hydrogens is 631 g/mol. The van der Waals surface area contributed by atoms with Gasteiger partial charge in [-0.2, -0.15) is 0 Å². The summed E-state index contributed by atoms with van der Waals surface area (Å²) in [5, 5.41) is 0. The fourth-order valence-corrected chi connectivity index (χ4v) is 3.09. The van der Waals surface area contributed by atoms with Crippen LogP contribution in [0.15, 0.2) is 97.1 Å². The molecule has 4 aromatic rings. The van der Waals surface area contributed by atoms with E-state index in [9.17, 15) is 26.3 Å². The summed E-state index contributed by atoms with van der Waals surface area (Å²) in [6, 6.07) is 24.3. The number of benzene rings is 4. The molecule has 0 saturated carbocycles. The molecule has 0 aliphatic heterocycles. The first-order valence-electron chi connectivity index (χ1n) is 10.5. The lowest BCUT2D eigenvalue weighted by molar-refractivity contribution is -0.275. The van der Waals surface area contributed by atoms with E-state index >= 15 is 0 Å². The van der Waals surface area contributed by atoms with Crippen molar-refractivity contribution in [2.75, 3.05) is 5.73 Å². The van der Waals surface area contributed by atoms with E-state index in [1.54, 1.807) is 36.4 Å².